The maximum absolute atomic E-state index is 7.50. The fourth-order valence-corrected chi connectivity index (χ4v) is 1.52. The molecule has 0 aliphatic heterocycles. The van der Waals surface area contributed by atoms with E-state index in [2.05, 4.69) is 53.1 Å². The Morgan fingerprint density at radius 1 is 1.00 bits per heavy atom. The SMILES string of the molecule is [C-]#[O+].[C-]#[O+].[C-]#[O+].[CH2][C](C)[CH][CH]C(=C)O[Si](C)(C)C.[Fe]. The molecule has 106 valence electrons. The van der Waals surface area contributed by atoms with Gasteiger partial charge in [0, 0.05) is 23.5 Å². The van der Waals surface area contributed by atoms with Crippen molar-refractivity contribution in [2.45, 2.75) is 26.6 Å². The van der Waals surface area contributed by atoms with Gasteiger partial charge in [-0.05, 0) is 38.9 Å². The Morgan fingerprint density at radius 2 is 1.32 bits per heavy atom. The topological polar surface area (TPSA) is 68.9 Å². The number of allylic oxidation sites excluding steroid dienone is 1. The summed E-state index contributed by atoms with van der Waals surface area (Å²) in [7, 11) is -1.47. The van der Waals surface area contributed by atoms with Crippen LogP contribution in [0.15, 0.2) is 12.3 Å². The summed E-state index contributed by atoms with van der Waals surface area (Å²) in [6.07, 6.45) is 3.77. The molecule has 0 rings (SSSR count). The Labute approximate surface area is 128 Å². The van der Waals surface area contributed by atoms with Crippen LogP contribution in [0.1, 0.15) is 6.92 Å². The Morgan fingerprint density at radius 3 is 1.53 bits per heavy atom. The third-order valence-electron chi connectivity index (χ3n) is 0.991. The standard InChI is InChI=1S/C10H18OSi.3CO.Fe/c1-9(2)7-8-10(3)11-12(4,5)6;3*1-2;/h7-8H,1,3H2,2,4-6H3;;;;. The summed E-state index contributed by atoms with van der Waals surface area (Å²) in [5.41, 5.74) is 0. The van der Waals surface area contributed by atoms with Crippen LogP contribution in [0.2, 0.25) is 19.6 Å². The minimum Gasteiger partial charge on any atom is -0.548 e. The Balaban J connectivity index is -0.0000000816. The van der Waals surface area contributed by atoms with Gasteiger partial charge in [-0.15, -0.1) is 0 Å². The third-order valence-corrected chi connectivity index (χ3v) is 1.87. The van der Waals surface area contributed by atoms with E-state index in [1.807, 2.05) is 19.8 Å². The summed E-state index contributed by atoms with van der Waals surface area (Å²) in [4.78, 5) is 0. The zero-order valence-electron chi connectivity index (χ0n) is 11.6. The average Bonchev–Trinajstić information content (AvgIpc) is 2.32. The molecular weight excluding hydrogens is 304 g/mol. The van der Waals surface area contributed by atoms with E-state index in [0.717, 1.165) is 11.7 Å². The van der Waals surface area contributed by atoms with Gasteiger partial charge in [-0.25, -0.2) is 0 Å². The molecule has 0 amide bonds. The van der Waals surface area contributed by atoms with Crippen molar-refractivity contribution >= 4 is 8.32 Å². The molecule has 0 N–H and O–H groups in total. The second kappa shape index (κ2) is 22.7. The zero-order valence-corrected chi connectivity index (χ0v) is 13.7. The molecule has 19 heavy (non-hydrogen) atoms. The summed E-state index contributed by atoms with van der Waals surface area (Å²) in [6, 6.07) is 0. The molecule has 0 bridgehead atoms. The molecule has 0 heterocycles. The first-order chi connectivity index (χ1) is 8.31. The van der Waals surface area contributed by atoms with Crippen molar-refractivity contribution in [1.82, 2.24) is 0 Å². The molecule has 0 fully saturated rings. The van der Waals surface area contributed by atoms with Crippen LogP contribution in [0.5, 0.6) is 0 Å². The van der Waals surface area contributed by atoms with Crippen molar-refractivity contribution in [3.63, 3.8) is 0 Å². The van der Waals surface area contributed by atoms with E-state index in [1.165, 1.54) is 0 Å². The van der Waals surface area contributed by atoms with Gasteiger partial charge >= 0.3 is 33.9 Å². The predicted molar refractivity (Wildman–Crippen MR) is 68.2 cm³/mol. The van der Waals surface area contributed by atoms with Crippen molar-refractivity contribution in [2.24, 2.45) is 0 Å². The molecule has 0 spiro atoms. The zero-order chi connectivity index (χ0) is 15.8. The molecule has 4 nitrogen and oxygen atoms in total. The molecule has 0 aromatic carbocycles. The first-order valence-corrected chi connectivity index (χ1v) is 8.05. The monoisotopic (exact) mass is 322 g/mol. The van der Waals surface area contributed by atoms with Gasteiger partial charge in [0.15, 0.2) is 0 Å². The van der Waals surface area contributed by atoms with E-state index in [0.29, 0.717) is 0 Å². The van der Waals surface area contributed by atoms with E-state index >= 15 is 0 Å². The minimum absolute atomic E-state index is 0. The van der Waals surface area contributed by atoms with Gasteiger partial charge < -0.3 is 4.43 Å². The van der Waals surface area contributed by atoms with Crippen LogP contribution in [0.3, 0.4) is 0 Å². The largest absolute Gasteiger partial charge is 0.548 e. The Hall–Kier alpha value is -0.504. The van der Waals surface area contributed by atoms with Crippen LogP contribution >= 0.6 is 0 Å². The van der Waals surface area contributed by atoms with Crippen LogP contribution in [0.25, 0.3) is 0 Å². The summed E-state index contributed by atoms with van der Waals surface area (Å²) in [5.74, 6) is 1.74. The van der Waals surface area contributed by atoms with Gasteiger partial charge in [-0.1, -0.05) is 13.5 Å². The molecule has 0 atom stereocenters. The van der Waals surface area contributed by atoms with Crippen molar-refractivity contribution < 1.29 is 35.5 Å². The van der Waals surface area contributed by atoms with Gasteiger partial charge in [-0.2, -0.15) is 0 Å². The second-order valence-electron chi connectivity index (χ2n) is 3.86. The van der Waals surface area contributed by atoms with Gasteiger partial charge in [0.05, 0.1) is 5.76 Å². The van der Waals surface area contributed by atoms with E-state index in [1.54, 1.807) is 0 Å². The quantitative estimate of drug-likeness (QED) is 0.332. The molecule has 0 aliphatic rings. The fraction of sp³-hybridized carbons (Fsp3) is 0.308. The van der Waals surface area contributed by atoms with Gasteiger partial charge in [-0.3, -0.25) is 0 Å². The van der Waals surface area contributed by atoms with E-state index in [9.17, 15) is 0 Å². The molecule has 0 aromatic rings. The van der Waals surface area contributed by atoms with Crippen molar-refractivity contribution in [3.8, 4) is 0 Å². The van der Waals surface area contributed by atoms with Gasteiger partial charge in [0.1, 0.15) is 0 Å². The minimum atomic E-state index is -1.47. The van der Waals surface area contributed by atoms with E-state index in [-0.39, 0.29) is 17.1 Å². The average molecular weight is 322 g/mol. The number of hydrogen-bond donors (Lipinski definition) is 0. The Kier molecular flexibility index (Phi) is 37.1. The smallest absolute Gasteiger partial charge is 0.241 e. The van der Waals surface area contributed by atoms with Crippen molar-refractivity contribution in [2.75, 3.05) is 0 Å². The predicted octanol–water partition coefficient (Wildman–Crippen LogP) is 3.07. The third kappa shape index (κ3) is 46.6. The molecule has 0 aliphatic carbocycles. The molecule has 0 saturated heterocycles. The van der Waals surface area contributed by atoms with Gasteiger partial charge in [0.2, 0.25) is 8.32 Å². The molecule has 0 saturated carbocycles. The van der Waals surface area contributed by atoms with Crippen LogP contribution in [-0.2, 0) is 35.5 Å². The summed E-state index contributed by atoms with van der Waals surface area (Å²) in [6.45, 7) is 29.4. The maximum atomic E-state index is 7.50. The van der Waals surface area contributed by atoms with Crippen LogP contribution < -0.4 is 0 Å². The van der Waals surface area contributed by atoms with Gasteiger partial charge in [0.25, 0.3) is 0 Å². The molecule has 0 aromatic heterocycles. The second-order valence-corrected chi connectivity index (χ2v) is 8.29. The van der Waals surface area contributed by atoms with Crippen LogP contribution in [0, 0.1) is 45.6 Å². The normalized spacial score (nSPS) is 7.79. The fourth-order valence-electron chi connectivity index (χ4n) is 0.663. The van der Waals surface area contributed by atoms with Crippen molar-refractivity contribution in [3.05, 3.63) is 58.0 Å². The summed E-state index contributed by atoms with van der Waals surface area (Å²) < 4.78 is 28.1. The Bertz CT molecular complexity index is 237. The number of hydrogen-bond acceptors (Lipinski definition) is 1. The molecule has 4 radical (unpaired) electrons. The summed E-state index contributed by atoms with van der Waals surface area (Å²) in [5, 5.41) is 0. The van der Waals surface area contributed by atoms with Crippen LogP contribution in [0.4, 0.5) is 0 Å². The molecule has 0 unspecified atom stereocenters. The summed E-state index contributed by atoms with van der Waals surface area (Å²) >= 11 is 0. The first kappa shape index (κ1) is 31.1. The van der Waals surface area contributed by atoms with E-state index < -0.39 is 8.32 Å². The van der Waals surface area contributed by atoms with E-state index in [4.69, 9.17) is 18.4 Å². The maximum Gasteiger partial charge on any atom is 0.241 e. The van der Waals surface area contributed by atoms with Crippen LogP contribution in [-0.4, -0.2) is 8.32 Å². The first-order valence-electron chi connectivity index (χ1n) is 4.64. The molecule has 6 heteroatoms. The van der Waals surface area contributed by atoms with Crippen molar-refractivity contribution in [1.29, 1.82) is 0 Å². The molecular formula is C13H18FeO4Si. The number of rotatable bonds is 5.